The standard InChI is InChI=1S/C18H26N2O/c1-3-18(4-2)7-9-20(10-8-18)17(21)14-5-6-15-12-19-13-16(15)11-14/h5-6,11,19H,3-4,7-10,12-13H2,1-2H3. The Balaban J connectivity index is 1.69. The van der Waals surface area contributed by atoms with Crippen molar-refractivity contribution in [2.24, 2.45) is 5.41 Å². The number of hydrogen-bond donors (Lipinski definition) is 1. The molecule has 0 aliphatic carbocycles. The highest BCUT2D eigenvalue weighted by atomic mass is 16.2. The first-order valence-electron chi connectivity index (χ1n) is 8.29. The average molecular weight is 286 g/mol. The van der Waals surface area contributed by atoms with Crippen molar-refractivity contribution in [2.75, 3.05) is 13.1 Å². The fourth-order valence-electron chi connectivity index (χ4n) is 3.75. The van der Waals surface area contributed by atoms with Crippen LogP contribution >= 0.6 is 0 Å². The van der Waals surface area contributed by atoms with Gasteiger partial charge in [0.2, 0.25) is 0 Å². The van der Waals surface area contributed by atoms with Crippen LogP contribution in [0.1, 0.15) is 61.0 Å². The maximum absolute atomic E-state index is 12.7. The Morgan fingerprint density at radius 2 is 1.81 bits per heavy atom. The molecule has 21 heavy (non-hydrogen) atoms. The van der Waals surface area contributed by atoms with E-state index in [1.54, 1.807) is 0 Å². The lowest BCUT2D eigenvalue weighted by Gasteiger charge is -2.41. The zero-order valence-electron chi connectivity index (χ0n) is 13.2. The lowest BCUT2D eigenvalue weighted by Crippen LogP contribution is -2.42. The molecule has 0 saturated carbocycles. The molecule has 1 aromatic carbocycles. The topological polar surface area (TPSA) is 32.3 Å². The maximum Gasteiger partial charge on any atom is 0.253 e. The number of amides is 1. The lowest BCUT2D eigenvalue weighted by atomic mass is 9.74. The van der Waals surface area contributed by atoms with Crippen molar-refractivity contribution >= 4 is 5.91 Å². The molecule has 3 rings (SSSR count). The van der Waals surface area contributed by atoms with Crippen molar-refractivity contribution in [1.29, 1.82) is 0 Å². The molecule has 0 unspecified atom stereocenters. The smallest absolute Gasteiger partial charge is 0.253 e. The highest BCUT2D eigenvalue weighted by Gasteiger charge is 2.33. The first-order valence-corrected chi connectivity index (χ1v) is 8.29. The van der Waals surface area contributed by atoms with Crippen LogP contribution in [-0.4, -0.2) is 23.9 Å². The van der Waals surface area contributed by atoms with Crippen LogP contribution in [0.4, 0.5) is 0 Å². The van der Waals surface area contributed by atoms with Crippen molar-refractivity contribution in [3.8, 4) is 0 Å². The Morgan fingerprint density at radius 3 is 2.48 bits per heavy atom. The van der Waals surface area contributed by atoms with E-state index >= 15 is 0 Å². The Morgan fingerprint density at radius 1 is 1.14 bits per heavy atom. The Bertz CT molecular complexity index is 524. The zero-order chi connectivity index (χ0) is 14.9. The van der Waals surface area contributed by atoms with E-state index in [1.165, 1.54) is 24.0 Å². The van der Waals surface area contributed by atoms with Crippen molar-refractivity contribution < 1.29 is 4.79 Å². The Hall–Kier alpha value is -1.35. The molecular formula is C18H26N2O. The summed E-state index contributed by atoms with van der Waals surface area (Å²) in [7, 11) is 0. The summed E-state index contributed by atoms with van der Waals surface area (Å²) >= 11 is 0. The van der Waals surface area contributed by atoms with E-state index in [9.17, 15) is 4.79 Å². The van der Waals surface area contributed by atoms with Crippen molar-refractivity contribution in [3.05, 3.63) is 34.9 Å². The van der Waals surface area contributed by atoms with Crippen molar-refractivity contribution in [2.45, 2.75) is 52.6 Å². The van der Waals surface area contributed by atoms with Gasteiger partial charge in [-0.15, -0.1) is 0 Å². The summed E-state index contributed by atoms with van der Waals surface area (Å²) < 4.78 is 0. The van der Waals surface area contributed by atoms with Gasteiger partial charge in [-0.1, -0.05) is 32.8 Å². The van der Waals surface area contributed by atoms with E-state index in [0.717, 1.165) is 44.6 Å². The van der Waals surface area contributed by atoms with E-state index in [0.29, 0.717) is 5.41 Å². The lowest BCUT2D eigenvalue weighted by molar-refractivity contribution is 0.0557. The first-order chi connectivity index (χ1) is 10.2. The molecule has 0 aromatic heterocycles. The monoisotopic (exact) mass is 286 g/mol. The third kappa shape index (κ3) is 2.71. The second-order valence-corrected chi connectivity index (χ2v) is 6.59. The molecule has 2 aliphatic heterocycles. The number of nitrogens with one attached hydrogen (secondary N) is 1. The highest BCUT2D eigenvalue weighted by Crippen LogP contribution is 2.38. The van der Waals surface area contributed by atoms with Gasteiger partial charge in [-0.05, 0) is 41.5 Å². The van der Waals surface area contributed by atoms with Crippen LogP contribution in [-0.2, 0) is 13.1 Å². The molecule has 2 aliphatic rings. The van der Waals surface area contributed by atoms with Gasteiger partial charge in [-0.2, -0.15) is 0 Å². The second-order valence-electron chi connectivity index (χ2n) is 6.59. The second kappa shape index (κ2) is 5.80. The number of rotatable bonds is 3. The predicted octanol–water partition coefficient (Wildman–Crippen LogP) is 3.33. The molecule has 114 valence electrons. The summed E-state index contributed by atoms with van der Waals surface area (Å²) in [6, 6.07) is 6.18. The molecule has 0 atom stereocenters. The quantitative estimate of drug-likeness (QED) is 0.924. The zero-order valence-corrected chi connectivity index (χ0v) is 13.2. The van der Waals surface area contributed by atoms with E-state index in [1.807, 2.05) is 11.0 Å². The number of benzene rings is 1. The first kappa shape index (κ1) is 14.6. The van der Waals surface area contributed by atoms with Gasteiger partial charge >= 0.3 is 0 Å². The number of nitrogens with zero attached hydrogens (tertiary/aromatic N) is 1. The minimum Gasteiger partial charge on any atom is -0.339 e. The number of likely N-dealkylation sites (tertiary alicyclic amines) is 1. The van der Waals surface area contributed by atoms with Crippen LogP contribution in [0.2, 0.25) is 0 Å². The van der Waals surface area contributed by atoms with Gasteiger partial charge in [-0.25, -0.2) is 0 Å². The third-order valence-corrected chi connectivity index (χ3v) is 5.70. The fraction of sp³-hybridized carbons (Fsp3) is 0.611. The molecule has 1 N–H and O–H groups in total. The van der Waals surface area contributed by atoms with Crippen molar-refractivity contribution in [1.82, 2.24) is 10.2 Å². The largest absolute Gasteiger partial charge is 0.339 e. The van der Waals surface area contributed by atoms with Gasteiger partial charge in [0.15, 0.2) is 0 Å². The summed E-state index contributed by atoms with van der Waals surface area (Å²) in [5.74, 6) is 0.213. The molecule has 1 saturated heterocycles. The van der Waals surface area contributed by atoms with E-state index in [2.05, 4.69) is 31.3 Å². The van der Waals surface area contributed by atoms with Gasteiger partial charge in [0.05, 0.1) is 0 Å². The van der Waals surface area contributed by atoms with Gasteiger partial charge in [-0.3, -0.25) is 4.79 Å². The SMILES string of the molecule is CCC1(CC)CCN(C(=O)c2ccc3c(c2)CNC3)CC1. The van der Waals surface area contributed by atoms with Crippen LogP contribution in [0.25, 0.3) is 0 Å². The normalized spacial score (nSPS) is 20.4. The van der Waals surface area contributed by atoms with Gasteiger partial charge in [0.25, 0.3) is 5.91 Å². The molecule has 0 radical (unpaired) electrons. The van der Waals surface area contributed by atoms with Crippen LogP contribution in [0, 0.1) is 5.41 Å². The minimum absolute atomic E-state index is 0.213. The maximum atomic E-state index is 12.7. The molecule has 0 spiro atoms. The fourth-order valence-corrected chi connectivity index (χ4v) is 3.75. The molecule has 3 nitrogen and oxygen atoms in total. The summed E-state index contributed by atoms with van der Waals surface area (Å²) in [5, 5.41) is 3.33. The molecule has 0 bridgehead atoms. The van der Waals surface area contributed by atoms with E-state index in [4.69, 9.17) is 0 Å². The Kier molecular flexibility index (Phi) is 4.03. The molecule has 3 heteroatoms. The molecule has 2 heterocycles. The summed E-state index contributed by atoms with van der Waals surface area (Å²) in [6.07, 6.45) is 4.77. The van der Waals surface area contributed by atoms with Gasteiger partial charge < -0.3 is 10.2 Å². The summed E-state index contributed by atoms with van der Waals surface area (Å²) in [6.45, 7) is 8.23. The number of carbonyl (C=O) groups excluding carboxylic acids is 1. The van der Waals surface area contributed by atoms with Crippen LogP contribution in [0.3, 0.4) is 0 Å². The van der Waals surface area contributed by atoms with E-state index in [-0.39, 0.29) is 5.91 Å². The average Bonchev–Trinajstić information content (AvgIpc) is 3.02. The number of fused-ring (bicyclic) bond motifs is 1. The predicted molar refractivity (Wildman–Crippen MR) is 85.1 cm³/mol. The molecular weight excluding hydrogens is 260 g/mol. The van der Waals surface area contributed by atoms with E-state index < -0.39 is 0 Å². The highest BCUT2D eigenvalue weighted by molar-refractivity contribution is 5.94. The van der Waals surface area contributed by atoms with Crippen LogP contribution in [0.5, 0.6) is 0 Å². The van der Waals surface area contributed by atoms with Gasteiger partial charge in [0, 0.05) is 31.7 Å². The van der Waals surface area contributed by atoms with Gasteiger partial charge in [0.1, 0.15) is 0 Å². The molecule has 1 fully saturated rings. The minimum atomic E-state index is 0.213. The summed E-state index contributed by atoms with van der Waals surface area (Å²) in [5.41, 5.74) is 3.95. The molecule has 1 amide bonds. The third-order valence-electron chi connectivity index (χ3n) is 5.70. The summed E-state index contributed by atoms with van der Waals surface area (Å²) in [4.78, 5) is 14.7. The number of piperidine rings is 1. The number of hydrogen-bond acceptors (Lipinski definition) is 2. The Labute approximate surface area is 127 Å². The molecule has 1 aromatic rings. The van der Waals surface area contributed by atoms with Crippen molar-refractivity contribution in [3.63, 3.8) is 0 Å². The van der Waals surface area contributed by atoms with Crippen LogP contribution in [0.15, 0.2) is 18.2 Å². The van der Waals surface area contributed by atoms with Crippen LogP contribution < -0.4 is 5.32 Å². The number of carbonyl (C=O) groups is 1.